The first-order chi connectivity index (χ1) is 8.59. The maximum Gasteiger partial charge on any atom is 0.192 e. The van der Waals surface area contributed by atoms with Gasteiger partial charge in [0.1, 0.15) is 4.21 Å². The Bertz CT molecular complexity index is 467. The molecule has 3 nitrogen and oxygen atoms in total. The summed E-state index contributed by atoms with van der Waals surface area (Å²) in [5.74, 6) is 0.550. The molecule has 1 aromatic heterocycles. The SMILES string of the molecule is CCC1CCC(NC)C(S(=O)(=O)c2cccs2)C1. The fourth-order valence-electron chi connectivity index (χ4n) is 2.83. The van der Waals surface area contributed by atoms with E-state index in [2.05, 4.69) is 12.2 Å². The van der Waals surface area contributed by atoms with Crippen molar-refractivity contribution in [3.63, 3.8) is 0 Å². The van der Waals surface area contributed by atoms with E-state index in [-0.39, 0.29) is 11.3 Å². The standard InChI is InChI=1S/C13H21NO2S2/c1-3-10-6-7-11(14-2)12(9-10)18(15,16)13-5-4-8-17-13/h4-5,8,10-12,14H,3,6-7,9H2,1-2H3. The third-order valence-corrected chi connectivity index (χ3v) is 7.68. The zero-order chi connectivity index (χ0) is 13.2. The smallest absolute Gasteiger partial charge is 0.192 e. The van der Waals surface area contributed by atoms with Crippen LogP contribution in [0.4, 0.5) is 0 Å². The molecule has 0 saturated heterocycles. The molecule has 1 heterocycles. The van der Waals surface area contributed by atoms with Crippen LogP contribution in [0.1, 0.15) is 32.6 Å². The summed E-state index contributed by atoms with van der Waals surface area (Å²) in [6, 6.07) is 3.63. The topological polar surface area (TPSA) is 46.2 Å². The first-order valence-corrected chi connectivity index (χ1v) is 8.96. The van der Waals surface area contributed by atoms with Crippen LogP contribution in [0.5, 0.6) is 0 Å². The predicted octanol–water partition coefficient (Wildman–Crippen LogP) is 2.69. The van der Waals surface area contributed by atoms with E-state index in [0.29, 0.717) is 10.1 Å². The molecule has 1 aliphatic rings. The second kappa shape index (κ2) is 5.72. The third-order valence-electron chi connectivity index (χ3n) is 4.02. The van der Waals surface area contributed by atoms with Crippen molar-refractivity contribution in [1.82, 2.24) is 5.32 Å². The number of sulfone groups is 1. The van der Waals surface area contributed by atoms with Gasteiger partial charge in [-0.15, -0.1) is 11.3 Å². The Kier molecular flexibility index (Phi) is 4.45. The second-order valence-electron chi connectivity index (χ2n) is 5.00. The van der Waals surface area contributed by atoms with Crippen molar-refractivity contribution in [3.05, 3.63) is 17.5 Å². The number of thiophene rings is 1. The van der Waals surface area contributed by atoms with Gasteiger partial charge in [0.05, 0.1) is 5.25 Å². The van der Waals surface area contributed by atoms with Gasteiger partial charge in [-0.25, -0.2) is 8.42 Å². The minimum atomic E-state index is -3.17. The van der Waals surface area contributed by atoms with E-state index in [0.717, 1.165) is 25.7 Å². The van der Waals surface area contributed by atoms with Crippen molar-refractivity contribution in [3.8, 4) is 0 Å². The molecule has 0 spiro atoms. The van der Waals surface area contributed by atoms with E-state index < -0.39 is 9.84 Å². The lowest BCUT2D eigenvalue weighted by molar-refractivity contribution is 0.296. The fourth-order valence-corrected chi connectivity index (χ4v) is 6.15. The van der Waals surface area contributed by atoms with Gasteiger partial charge in [0.25, 0.3) is 0 Å². The van der Waals surface area contributed by atoms with Crippen LogP contribution in [0.15, 0.2) is 21.7 Å². The molecule has 0 radical (unpaired) electrons. The van der Waals surface area contributed by atoms with Crippen LogP contribution in [0.2, 0.25) is 0 Å². The minimum absolute atomic E-state index is 0.0971. The van der Waals surface area contributed by atoms with Gasteiger partial charge in [-0.05, 0) is 43.7 Å². The lowest BCUT2D eigenvalue weighted by Crippen LogP contribution is -2.46. The summed E-state index contributed by atoms with van der Waals surface area (Å²) in [4.78, 5) is 0. The molecule has 2 rings (SSSR count). The van der Waals surface area contributed by atoms with Crippen LogP contribution in [-0.2, 0) is 9.84 Å². The molecule has 0 aromatic carbocycles. The molecule has 3 unspecified atom stereocenters. The second-order valence-corrected chi connectivity index (χ2v) is 8.34. The normalized spacial score (nSPS) is 29.3. The predicted molar refractivity (Wildman–Crippen MR) is 75.8 cm³/mol. The van der Waals surface area contributed by atoms with Gasteiger partial charge in [0.2, 0.25) is 0 Å². The largest absolute Gasteiger partial charge is 0.316 e. The maximum atomic E-state index is 12.6. The highest BCUT2D eigenvalue weighted by Gasteiger charge is 2.39. The van der Waals surface area contributed by atoms with Gasteiger partial charge in [-0.1, -0.05) is 19.4 Å². The molecular formula is C13H21NO2S2. The van der Waals surface area contributed by atoms with E-state index in [1.54, 1.807) is 6.07 Å². The van der Waals surface area contributed by atoms with Crippen LogP contribution < -0.4 is 5.32 Å². The van der Waals surface area contributed by atoms with Gasteiger partial charge >= 0.3 is 0 Å². The molecule has 3 atom stereocenters. The number of rotatable bonds is 4. The highest BCUT2D eigenvalue weighted by molar-refractivity contribution is 7.94. The molecule has 1 aliphatic carbocycles. The van der Waals surface area contributed by atoms with Crippen molar-refractivity contribution >= 4 is 21.2 Å². The van der Waals surface area contributed by atoms with E-state index in [4.69, 9.17) is 0 Å². The summed E-state index contributed by atoms with van der Waals surface area (Å²) in [6.07, 6.45) is 3.97. The summed E-state index contributed by atoms with van der Waals surface area (Å²) in [5, 5.41) is 4.76. The highest BCUT2D eigenvalue weighted by Crippen LogP contribution is 2.35. The van der Waals surface area contributed by atoms with Gasteiger partial charge in [0.15, 0.2) is 9.84 Å². The van der Waals surface area contributed by atoms with Gasteiger partial charge in [0, 0.05) is 6.04 Å². The van der Waals surface area contributed by atoms with Crippen LogP contribution >= 0.6 is 11.3 Å². The molecule has 1 aromatic rings. The van der Waals surface area contributed by atoms with E-state index in [1.165, 1.54) is 11.3 Å². The summed E-state index contributed by atoms with van der Waals surface area (Å²) >= 11 is 1.33. The minimum Gasteiger partial charge on any atom is -0.316 e. The number of hydrogen-bond donors (Lipinski definition) is 1. The molecular weight excluding hydrogens is 266 g/mol. The Morgan fingerprint density at radius 3 is 2.78 bits per heavy atom. The van der Waals surface area contributed by atoms with Gasteiger partial charge in [-0.3, -0.25) is 0 Å². The zero-order valence-electron chi connectivity index (χ0n) is 10.9. The molecule has 0 aliphatic heterocycles. The van der Waals surface area contributed by atoms with Crippen molar-refractivity contribution in [2.75, 3.05) is 7.05 Å². The van der Waals surface area contributed by atoms with Crippen LogP contribution in [0, 0.1) is 5.92 Å². The van der Waals surface area contributed by atoms with Crippen LogP contribution in [-0.4, -0.2) is 26.8 Å². The molecule has 1 fully saturated rings. The number of hydrogen-bond acceptors (Lipinski definition) is 4. The highest BCUT2D eigenvalue weighted by atomic mass is 32.2. The number of nitrogens with one attached hydrogen (secondary N) is 1. The lowest BCUT2D eigenvalue weighted by atomic mass is 9.84. The molecule has 5 heteroatoms. The van der Waals surface area contributed by atoms with Crippen molar-refractivity contribution in [2.45, 2.75) is 48.1 Å². The molecule has 18 heavy (non-hydrogen) atoms. The monoisotopic (exact) mass is 287 g/mol. The summed E-state index contributed by atoms with van der Waals surface area (Å²) in [7, 11) is -1.30. The summed E-state index contributed by atoms with van der Waals surface area (Å²) < 4.78 is 25.8. The van der Waals surface area contributed by atoms with Crippen molar-refractivity contribution in [2.24, 2.45) is 5.92 Å². The Morgan fingerprint density at radius 1 is 1.44 bits per heavy atom. The first-order valence-electron chi connectivity index (χ1n) is 6.54. The molecule has 0 amide bonds. The van der Waals surface area contributed by atoms with Gasteiger partial charge in [-0.2, -0.15) is 0 Å². The molecule has 102 valence electrons. The van der Waals surface area contributed by atoms with E-state index in [1.807, 2.05) is 18.5 Å². The average Bonchev–Trinajstić information content (AvgIpc) is 2.92. The summed E-state index contributed by atoms with van der Waals surface area (Å²) in [5.41, 5.74) is 0. The third kappa shape index (κ3) is 2.63. The Morgan fingerprint density at radius 2 is 2.22 bits per heavy atom. The van der Waals surface area contributed by atoms with Crippen LogP contribution in [0.3, 0.4) is 0 Å². The Hall–Kier alpha value is -0.390. The first kappa shape index (κ1) is 14.0. The molecule has 1 saturated carbocycles. The van der Waals surface area contributed by atoms with E-state index >= 15 is 0 Å². The van der Waals surface area contributed by atoms with Crippen LogP contribution in [0.25, 0.3) is 0 Å². The quantitative estimate of drug-likeness (QED) is 0.926. The lowest BCUT2D eigenvalue weighted by Gasteiger charge is -2.35. The van der Waals surface area contributed by atoms with E-state index in [9.17, 15) is 8.42 Å². The van der Waals surface area contributed by atoms with Gasteiger partial charge < -0.3 is 5.32 Å². The zero-order valence-corrected chi connectivity index (χ0v) is 12.6. The summed E-state index contributed by atoms with van der Waals surface area (Å²) in [6.45, 7) is 2.15. The maximum absolute atomic E-state index is 12.6. The average molecular weight is 287 g/mol. The molecule has 1 N–H and O–H groups in total. The Balaban J connectivity index is 2.28. The van der Waals surface area contributed by atoms with Crippen molar-refractivity contribution < 1.29 is 8.42 Å². The fraction of sp³-hybridized carbons (Fsp3) is 0.692. The Labute approximate surface area is 114 Å². The molecule has 0 bridgehead atoms. The van der Waals surface area contributed by atoms with Crippen molar-refractivity contribution in [1.29, 1.82) is 0 Å².